The molecule has 0 unspecified atom stereocenters. The molecule has 0 spiro atoms. The summed E-state index contributed by atoms with van der Waals surface area (Å²) in [6.45, 7) is 0.698. The van der Waals surface area contributed by atoms with Crippen molar-refractivity contribution in [1.82, 2.24) is 5.32 Å². The lowest BCUT2D eigenvalue weighted by atomic mass is 10.2. The van der Waals surface area contributed by atoms with E-state index in [1.165, 1.54) is 49.6 Å². The minimum absolute atomic E-state index is 0.0349. The van der Waals surface area contributed by atoms with Crippen molar-refractivity contribution in [3.8, 4) is 11.5 Å². The summed E-state index contributed by atoms with van der Waals surface area (Å²) in [5.41, 5.74) is 0.227. The molecule has 0 saturated heterocycles. The molecule has 0 bridgehead atoms. The first-order valence-corrected chi connectivity index (χ1v) is 9.75. The summed E-state index contributed by atoms with van der Waals surface area (Å²) in [6.07, 6.45) is 1.59. The summed E-state index contributed by atoms with van der Waals surface area (Å²) in [5.74, 6) is 0.0133. The van der Waals surface area contributed by atoms with Crippen molar-refractivity contribution in [2.45, 2.75) is 11.3 Å². The fourth-order valence-electron chi connectivity index (χ4n) is 2.20. The summed E-state index contributed by atoms with van der Waals surface area (Å²) in [7, 11) is -2.15. The third-order valence-electron chi connectivity index (χ3n) is 3.51. The van der Waals surface area contributed by atoms with E-state index in [-0.39, 0.29) is 27.9 Å². The SMILES string of the molecule is COc1ccc(C(=O)NCCCOc2ccc(F)cc2)cc1S(C)(=O)=O. The smallest absolute Gasteiger partial charge is 0.251 e. The number of nitrogens with one attached hydrogen (secondary N) is 1. The van der Waals surface area contributed by atoms with Gasteiger partial charge < -0.3 is 14.8 Å². The highest BCUT2D eigenvalue weighted by molar-refractivity contribution is 7.90. The number of methoxy groups -OCH3 is 1. The van der Waals surface area contributed by atoms with Crippen LogP contribution in [0.2, 0.25) is 0 Å². The number of halogens is 1. The van der Waals surface area contributed by atoms with E-state index >= 15 is 0 Å². The van der Waals surface area contributed by atoms with Crippen molar-refractivity contribution in [1.29, 1.82) is 0 Å². The zero-order valence-electron chi connectivity index (χ0n) is 14.5. The van der Waals surface area contributed by atoms with Gasteiger partial charge in [-0.05, 0) is 48.9 Å². The van der Waals surface area contributed by atoms with Gasteiger partial charge in [0, 0.05) is 18.4 Å². The topological polar surface area (TPSA) is 81.7 Å². The van der Waals surface area contributed by atoms with E-state index in [1.807, 2.05) is 0 Å². The van der Waals surface area contributed by atoms with E-state index in [0.29, 0.717) is 25.3 Å². The van der Waals surface area contributed by atoms with Gasteiger partial charge in [0.1, 0.15) is 22.2 Å². The molecular formula is C18H20FNO5S. The van der Waals surface area contributed by atoms with Gasteiger partial charge >= 0.3 is 0 Å². The Morgan fingerprint density at radius 1 is 1.15 bits per heavy atom. The molecule has 0 aliphatic rings. The highest BCUT2D eigenvalue weighted by Gasteiger charge is 2.17. The van der Waals surface area contributed by atoms with Crippen molar-refractivity contribution >= 4 is 15.7 Å². The molecule has 26 heavy (non-hydrogen) atoms. The molecule has 2 aromatic carbocycles. The molecule has 0 saturated carbocycles. The molecule has 0 aliphatic carbocycles. The van der Waals surface area contributed by atoms with Crippen LogP contribution in [0.3, 0.4) is 0 Å². The minimum atomic E-state index is -3.52. The Morgan fingerprint density at radius 2 is 1.85 bits per heavy atom. The van der Waals surface area contributed by atoms with E-state index in [0.717, 1.165) is 6.26 Å². The fourth-order valence-corrected chi connectivity index (χ4v) is 3.06. The molecule has 0 atom stereocenters. The van der Waals surface area contributed by atoms with Crippen molar-refractivity contribution in [2.75, 3.05) is 26.5 Å². The van der Waals surface area contributed by atoms with Gasteiger partial charge in [-0.3, -0.25) is 4.79 Å². The van der Waals surface area contributed by atoms with Gasteiger partial charge in [-0.15, -0.1) is 0 Å². The molecule has 0 aromatic heterocycles. The lowest BCUT2D eigenvalue weighted by Crippen LogP contribution is -2.25. The Hall–Kier alpha value is -2.61. The van der Waals surface area contributed by atoms with Crippen LogP contribution in [0.1, 0.15) is 16.8 Å². The Balaban J connectivity index is 1.87. The van der Waals surface area contributed by atoms with Crippen LogP contribution in [0, 0.1) is 5.82 Å². The van der Waals surface area contributed by atoms with Gasteiger partial charge in [0.05, 0.1) is 13.7 Å². The van der Waals surface area contributed by atoms with Crippen molar-refractivity contribution in [3.63, 3.8) is 0 Å². The standard InChI is InChI=1S/C18H20FNO5S/c1-24-16-9-4-13(12-17(16)26(2,22)23)18(21)20-10-3-11-25-15-7-5-14(19)6-8-15/h4-9,12H,3,10-11H2,1-2H3,(H,20,21). The van der Waals surface area contributed by atoms with Crippen LogP contribution in [-0.4, -0.2) is 40.8 Å². The van der Waals surface area contributed by atoms with Gasteiger partial charge in [0.25, 0.3) is 5.91 Å². The van der Waals surface area contributed by atoms with E-state index in [9.17, 15) is 17.6 Å². The maximum Gasteiger partial charge on any atom is 0.251 e. The number of carbonyl (C=O) groups is 1. The molecule has 0 heterocycles. The quantitative estimate of drug-likeness (QED) is 0.711. The van der Waals surface area contributed by atoms with Crippen LogP contribution < -0.4 is 14.8 Å². The maximum atomic E-state index is 12.8. The normalized spacial score (nSPS) is 11.0. The zero-order chi connectivity index (χ0) is 19.2. The van der Waals surface area contributed by atoms with Gasteiger partial charge in [0.15, 0.2) is 9.84 Å². The Kier molecular flexibility index (Phi) is 6.57. The number of sulfone groups is 1. The van der Waals surface area contributed by atoms with Crippen molar-refractivity contribution in [3.05, 3.63) is 53.8 Å². The number of ether oxygens (including phenoxy) is 2. The molecule has 0 aliphatic heterocycles. The predicted octanol–water partition coefficient (Wildman–Crippen LogP) is 2.44. The number of carbonyl (C=O) groups excluding carboxylic acids is 1. The second kappa shape index (κ2) is 8.66. The Labute approximate surface area is 151 Å². The second-order valence-corrected chi connectivity index (χ2v) is 7.53. The number of rotatable bonds is 8. The lowest BCUT2D eigenvalue weighted by Gasteiger charge is -2.10. The van der Waals surface area contributed by atoms with Crippen molar-refractivity contribution < 1.29 is 27.1 Å². The second-order valence-electron chi connectivity index (χ2n) is 5.55. The highest BCUT2D eigenvalue weighted by Crippen LogP contribution is 2.24. The first-order valence-electron chi connectivity index (χ1n) is 7.86. The fraction of sp³-hybridized carbons (Fsp3) is 0.278. The summed E-state index contributed by atoms with van der Waals surface area (Å²) in [6, 6.07) is 9.90. The molecule has 1 N–H and O–H groups in total. The summed E-state index contributed by atoms with van der Waals surface area (Å²) >= 11 is 0. The number of benzene rings is 2. The van der Waals surface area contributed by atoms with E-state index in [4.69, 9.17) is 9.47 Å². The number of hydrogen-bond donors (Lipinski definition) is 1. The van der Waals surface area contributed by atoms with Crippen LogP contribution in [0.5, 0.6) is 11.5 Å². The molecule has 6 nitrogen and oxygen atoms in total. The molecule has 2 aromatic rings. The monoisotopic (exact) mass is 381 g/mol. The Morgan fingerprint density at radius 3 is 2.46 bits per heavy atom. The molecule has 1 amide bonds. The molecular weight excluding hydrogens is 361 g/mol. The predicted molar refractivity (Wildman–Crippen MR) is 94.9 cm³/mol. The summed E-state index contributed by atoms with van der Waals surface area (Å²) in [4.78, 5) is 12.1. The van der Waals surface area contributed by atoms with Crippen molar-refractivity contribution in [2.24, 2.45) is 0 Å². The maximum absolute atomic E-state index is 12.8. The lowest BCUT2D eigenvalue weighted by molar-refractivity contribution is 0.0951. The molecule has 140 valence electrons. The molecule has 0 radical (unpaired) electrons. The van der Waals surface area contributed by atoms with E-state index < -0.39 is 9.84 Å². The largest absolute Gasteiger partial charge is 0.495 e. The average molecular weight is 381 g/mol. The number of amides is 1. The average Bonchev–Trinajstić information content (AvgIpc) is 2.61. The first kappa shape index (κ1) is 19.7. The van der Waals surface area contributed by atoms with Crippen LogP contribution in [0.25, 0.3) is 0 Å². The number of hydrogen-bond acceptors (Lipinski definition) is 5. The third-order valence-corrected chi connectivity index (χ3v) is 4.63. The molecule has 2 rings (SSSR count). The first-order chi connectivity index (χ1) is 12.3. The highest BCUT2D eigenvalue weighted by atomic mass is 32.2. The third kappa shape index (κ3) is 5.45. The zero-order valence-corrected chi connectivity index (χ0v) is 15.3. The van der Waals surface area contributed by atoms with E-state index in [2.05, 4.69) is 5.32 Å². The Bertz CT molecular complexity index is 866. The van der Waals surface area contributed by atoms with Crippen LogP contribution in [0.4, 0.5) is 4.39 Å². The van der Waals surface area contributed by atoms with Gasteiger partial charge in [-0.25, -0.2) is 12.8 Å². The molecule has 8 heteroatoms. The van der Waals surface area contributed by atoms with Gasteiger partial charge in [-0.1, -0.05) is 0 Å². The van der Waals surface area contributed by atoms with Crippen LogP contribution >= 0.6 is 0 Å². The summed E-state index contributed by atoms with van der Waals surface area (Å²) < 4.78 is 46.8. The molecule has 0 fully saturated rings. The van der Waals surface area contributed by atoms with Gasteiger partial charge in [0.2, 0.25) is 0 Å². The van der Waals surface area contributed by atoms with Gasteiger partial charge in [-0.2, -0.15) is 0 Å². The minimum Gasteiger partial charge on any atom is -0.495 e. The van der Waals surface area contributed by atoms with Crippen LogP contribution in [-0.2, 0) is 9.84 Å². The van der Waals surface area contributed by atoms with E-state index in [1.54, 1.807) is 0 Å². The van der Waals surface area contributed by atoms with Crippen LogP contribution in [0.15, 0.2) is 47.4 Å². The summed E-state index contributed by atoms with van der Waals surface area (Å²) in [5, 5.41) is 2.70.